The third kappa shape index (κ3) is 2.64. The summed E-state index contributed by atoms with van der Waals surface area (Å²) in [7, 11) is 0. The van der Waals surface area contributed by atoms with Gasteiger partial charge in [-0.1, -0.05) is 24.3 Å². The van der Waals surface area contributed by atoms with Crippen LogP contribution in [0.1, 0.15) is 0 Å². The topological polar surface area (TPSA) is 41.6 Å². The molecule has 0 amide bonds. The second-order valence-electron chi connectivity index (χ2n) is 3.00. The highest BCUT2D eigenvalue weighted by Gasteiger charge is 1.86. The Bertz CT molecular complexity index is 445. The van der Waals surface area contributed by atoms with Crippen molar-refractivity contribution < 1.29 is 0 Å². The Morgan fingerprint density at radius 3 is 1.67 bits per heavy atom. The van der Waals surface area contributed by atoms with Crippen molar-refractivity contribution >= 4 is 10.8 Å². The summed E-state index contributed by atoms with van der Waals surface area (Å²) in [5.41, 5.74) is 0. The third-order valence-corrected chi connectivity index (χ3v) is 1.96. The Kier molecular flexibility index (Phi) is 3.07. The second kappa shape index (κ2) is 4.91. The zero-order valence-corrected chi connectivity index (χ0v) is 8.17. The normalized spacial score (nSPS) is 9.33. The zero-order chi connectivity index (χ0) is 10.3. The summed E-state index contributed by atoms with van der Waals surface area (Å²) in [5, 5.41) is 9.62. The van der Waals surface area contributed by atoms with Crippen LogP contribution in [0.4, 0.5) is 0 Å². The van der Waals surface area contributed by atoms with Gasteiger partial charge in [0.15, 0.2) is 0 Å². The van der Waals surface area contributed by atoms with E-state index in [1.54, 1.807) is 12.4 Å². The van der Waals surface area contributed by atoms with Crippen molar-refractivity contribution in [2.75, 3.05) is 0 Å². The second-order valence-corrected chi connectivity index (χ2v) is 3.00. The number of rotatable bonds is 0. The first kappa shape index (κ1) is 9.40. The van der Waals surface area contributed by atoms with Gasteiger partial charge in [-0.2, -0.15) is 10.2 Å². The first-order valence-electron chi connectivity index (χ1n) is 4.70. The van der Waals surface area contributed by atoms with Crippen LogP contribution in [0, 0.1) is 0 Å². The summed E-state index contributed by atoms with van der Waals surface area (Å²) >= 11 is 0. The summed E-state index contributed by atoms with van der Waals surface area (Å²) < 4.78 is 0. The number of benzene rings is 1. The van der Waals surface area contributed by atoms with Crippen LogP contribution in [0.2, 0.25) is 0 Å². The number of nitrogens with one attached hydrogen (secondary N) is 1. The molecule has 74 valence electrons. The van der Waals surface area contributed by atoms with Crippen molar-refractivity contribution in [1.29, 1.82) is 0 Å². The first-order valence-corrected chi connectivity index (χ1v) is 4.70. The zero-order valence-electron chi connectivity index (χ0n) is 8.17. The van der Waals surface area contributed by atoms with Gasteiger partial charge in [-0.05, 0) is 22.9 Å². The molecule has 15 heavy (non-hydrogen) atoms. The van der Waals surface area contributed by atoms with E-state index in [9.17, 15) is 0 Å². The molecule has 3 aromatic rings. The number of hydrogen-bond donors (Lipinski definition) is 1. The van der Waals surface area contributed by atoms with E-state index in [1.165, 1.54) is 10.8 Å². The largest absolute Gasteiger partial charge is 0.366 e. The van der Waals surface area contributed by atoms with E-state index < -0.39 is 0 Å². The average Bonchev–Trinajstić information content (AvgIpc) is 2.80. The van der Waals surface area contributed by atoms with E-state index in [2.05, 4.69) is 27.3 Å². The first-order chi connectivity index (χ1) is 7.47. The van der Waals surface area contributed by atoms with E-state index in [0.717, 1.165) is 0 Å². The quantitative estimate of drug-likeness (QED) is 0.602. The molecule has 0 bridgehead atoms. The van der Waals surface area contributed by atoms with Crippen LogP contribution in [-0.4, -0.2) is 15.2 Å². The maximum atomic E-state index is 3.53. The predicted octanol–water partition coefficient (Wildman–Crippen LogP) is 2.64. The number of aromatic amines is 1. The summed E-state index contributed by atoms with van der Waals surface area (Å²) in [4.78, 5) is 3.04. The molecule has 0 fully saturated rings. The summed E-state index contributed by atoms with van der Waals surface area (Å²) in [6.45, 7) is 0. The van der Waals surface area contributed by atoms with Gasteiger partial charge in [-0.25, -0.2) is 0 Å². The van der Waals surface area contributed by atoms with Crippen molar-refractivity contribution in [2.45, 2.75) is 0 Å². The maximum Gasteiger partial charge on any atom is 0.0496 e. The lowest BCUT2D eigenvalue weighted by molar-refractivity contribution is 1.03. The standard InChI is InChI=1S/C8H7N.C4H4N2/c1-2-4-8-6-9-5-7(8)3-1;1-2-4-6-5-3-1/h1-6,9H;1-4H. The molecule has 0 radical (unpaired) electrons. The SMILES string of the molecule is c1ccc2c[nH]cc2c1.c1ccnnc1. The van der Waals surface area contributed by atoms with E-state index in [0.29, 0.717) is 0 Å². The van der Waals surface area contributed by atoms with Crippen LogP contribution in [0.5, 0.6) is 0 Å². The number of hydrogen-bond acceptors (Lipinski definition) is 2. The summed E-state index contributed by atoms with van der Waals surface area (Å²) in [6.07, 6.45) is 7.27. The fourth-order valence-electron chi connectivity index (χ4n) is 1.25. The maximum absolute atomic E-state index is 3.53. The molecule has 0 aliphatic rings. The fourth-order valence-corrected chi connectivity index (χ4v) is 1.25. The lowest BCUT2D eigenvalue weighted by Gasteiger charge is -1.81. The van der Waals surface area contributed by atoms with Crippen molar-refractivity contribution in [3.8, 4) is 0 Å². The molecule has 0 saturated heterocycles. The molecule has 2 heterocycles. The van der Waals surface area contributed by atoms with Crippen LogP contribution >= 0.6 is 0 Å². The average molecular weight is 197 g/mol. The highest BCUT2D eigenvalue weighted by Crippen LogP contribution is 2.10. The summed E-state index contributed by atoms with van der Waals surface area (Å²) in [6, 6.07) is 11.9. The van der Waals surface area contributed by atoms with Crippen LogP contribution < -0.4 is 0 Å². The highest BCUT2D eigenvalue weighted by molar-refractivity contribution is 5.81. The molecule has 0 aliphatic heterocycles. The van der Waals surface area contributed by atoms with E-state index in [-0.39, 0.29) is 0 Å². The van der Waals surface area contributed by atoms with Gasteiger partial charge in [0.2, 0.25) is 0 Å². The molecule has 0 unspecified atom stereocenters. The molecule has 0 aliphatic carbocycles. The van der Waals surface area contributed by atoms with E-state index in [4.69, 9.17) is 0 Å². The molecule has 0 atom stereocenters. The molecule has 0 saturated carbocycles. The predicted molar refractivity (Wildman–Crippen MR) is 60.3 cm³/mol. The van der Waals surface area contributed by atoms with Gasteiger partial charge >= 0.3 is 0 Å². The molecule has 0 spiro atoms. The van der Waals surface area contributed by atoms with Crippen LogP contribution in [0.15, 0.2) is 61.2 Å². The van der Waals surface area contributed by atoms with Crippen LogP contribution in [0.25, 0.3) is 10.8 Å². The Balaban J connectivity index is 0.000000124. The van der Waals surface area contributed by atoms with Crippen molar-refractivity contribution in [2.24, 2.45) is 0 Å². The van der Waals surface area contributed by atoms with Gasteiger partial charge in [0.1, 0.15) is 0 Å². The smallest absolute Gasteiger partial charge is 0.0496 e. The number of nitrogens with zero attached hydrogens (tertiary/aromatic N) is 2. The van der Waals surface area contributed by atoms with Crippen molar-refractivity contribution in [3.05, 3.63) is 61.2 Å². The van der Waals surface area contributed by atoms with Gasteiger partial charge in [-0.15, -0.1) is 0 Å². The van der Waals surface area contributed by atoms with Gasteiger partial charge < -0.3 is 4.98 Å². The van der Waals surface area contributed by atoms with E-state index in [1.807, 2.05) is 36.7 Å². The molecule has 1 N–H and O–H groups in total. The lowest BCUT2D eigenvalue weighted by atomic mass is 10.2. The number of fused-ring (bicyclic) bond motifs is 1. The minimum atomic E-state index is 1.28. The third-order valence-electron chi connectivity index (χ3n) is 1.96. The Morgan fingerprint density at radius 2 is 1.27 bits per heavy atom. The Labute approximate surface area is 87.8 Å². The molecule has 3 rings (SSSR count). The molecular formula is C12H11N3. The van der Waals surface area contributed by atoms with Crippen molar-refractivity contribution in [3.63, 3.8) is 0 Å². The van der Waals surface area contributed by atoms with E-state index >= 15 is 0 Å². The molecule has 1 aromatic carbocycles. The Morgan fingerprint density at radius 1 is 0.733 bits per heavy atom. The number of aromatic nitrogens is 3. The summed E-state index contributed by atoms with van der Waals surface area (Å²) in [5.74, 6) is 0. The molecule has 2 aromatic heterocycles. The molecule has 3 heteroatoms. The lowest BCUT2D eigenvalue weighted by Crippen LogP contribution is -1.69. The molecular weight excluding hydrogens is 186 g/mol. The number of H-pyrrole nitrogens is 1. The van der Waals surface area contributed by atoms with Gasteiger partial charge in [0, 0.05) is 24.8 Å². The fraction of sp³-hybridized carbons (Fsp3) is 0. The monoisotopic (exact) mass is 197 g/mol. The highest BCUT2D eigenvalue weighted by atomic mass is 15.1. The Hall–Kier alpha value is -2.16. The van der Waals surface area contributed by atoms with Gasteiger partial charge in [0.05, 0.1) is 0 Å². The van der Waals surface area contributed by atoms with Gasteiger partial charge in [0.25, 0.3) is 0 Å². The minimum Gasteiger partial charge on any atom is -0.366 e. The van der Waals surface area contributed by atoms with Crippen LogP contribution in [0.3, 0.4) is 0 Å². The minimum absolute atomic E-state index is 1.28. The van der Waals surface area contributed by atoms with Crippen molar-refractivity contribution in [1.82, 2.24) is 15.2 Å². The van der Waals surface area contributed by atoms with Crippen LogP contribution in [-0.2, 0) is 0 Å². The van der Waals surface area contributed by atoms with Gasteiger partial charge in [-0.3, -0.25) is 0 Å². The molecule has 3 nitrogen and oxygen atoms in total.